The number of hydrogen-bond acceptors (Lipinski definition) is 8. The molecule has 1 aromatic heterocycles. The summed E-state index contributed by atoms with van der Waals surface area (Å²) >= 11 is 1.23. The van der Waals surface area contributed by atoms with Crippen LogP contribution in [0.5, 0.6) is 11.5 Å². The van der Waals surface area contributed by atoms with Gasteiger partial charge in [-0.05, 0) is 41.1 Å². The van der Waals surface area contributed by atoms with Gasteiger partial charge in [0.15, 0.2) is 16.8 Å². The molecule has 5 aromatic rings. The number of carbonyl (C=O) groups excluding carboxylic acids is 1. The molecule has 0 N–H and O–H groups in total. The van der Waals surface area contributed by atoms with Crippen LogP contribution in [0.15, 0.2) is 95.0 Å². The predicted octanol–water partition coefficient (Wildman–Crippen LogP) is 5.33. The monoisotopic (exact) mass is 588 g/mol. The zero-order valence-electron chi connectivity index (χ0n) is 22.9. The van der Waals surface area contributed by atoms with Gasteiger partial charge in [-0.15, -0.1) is 10.2 Å². The first-order valence-electron chi connectivity index (χ1n) is 12.6. The predicted molar refractivity (Wildman–Crippen MR) is 160 cm³/mol. The van der Waals surface area contributed by atoms with Crippen molar-refractivity contribution in [2.24, 2.45) is 0 Å². The van der Waals surface area contributed by atoms with Crippen LogP contribution < -0.4 is 9.47 Å². The molecule has 0 radical (unpaired) electrons. The zero-order valence-corrected chi connectivity index (χ0v) is 24.6. The van der Waals surface area contributed by atoms with E-state index in [1.54, 1.807) is 55.2 Å². The summed E-state index contributed by atoms with van der Waals surface area (Å²) in [4.78, 5) is 13.4. The summed E-state index contributed by atoms with van der Waals surface area (Å²) in [6, 6.07) is 25.3. The molecule has 11 heteroatoms. The van der Waals surface area contributed by atoms with E-state index in [4.69, 9.17) is 9.47 Å². The van der Waals surface area contributed by atoms with E-state index in [1.165, 1.54) is 31.9 Å². The highest BCUT2D eigenvalue weighted by atomic mass is 32.2. The molecule has 0 unspecified atom stereocenters. The van der Waals surface area contributed by atoms with Crippen LogP contribution in [0.3, 0.4) is 0 Å². The number of thioether (sulfide) groups is 1. The lowest BCUT2D eigenvalue weighted by molar-refractivity contribution is 0.102. The minimum Gasteiger partial charge on any atom is -0.497 e. The summed E-state index contributed by atoms with van der Waals surface area (Å²) in [5, 5.41) is 11.3. The first-order valence-corrected chi connectivity index (χ1v) is 15.0. The number of ether oxygens (including phenoxy) is 2. The van der Waals surface area contributed by atoms with Gasteiger partial charge in [0.2, 0.25) is 10.0 Å². The first kappa shape index (κ1) is 28.3. The number of sulfonamides is 1. The van der Waals surface area contributed by atoms with E-state index in [0.29, 0.717) is 39.3 Å². The Morgan fingerprint density at radius 2 is 1.66 bits per heavy atom. The van der Waals surface area contributed by atoms with E-state index in [9.17, 15) is 13.2 Å². The maximum Gasteiger partial charge on any atom is 0.242 e. The summed E-state index contributed by atoms with van der Waals surface area (Å²) < 4.78 is 39.7. The fourth-order valence-corrected chi connectivity index (χ4v) is 6.11. The van der Waals surface area contributed by atoms with Crippen LogP contribution >= 0.6 is 11.8 Å². The molecule has 0 atom stereocenters. The Bertz CT molecular complexity index is 1850. The second-order valence-corrected chi connectivity index (χ2v) is 12.4. The Hall–Kier alpha value is -4.19. The number of nitrogens with zero attached hydrogens (tertiary/aromatic N) is 4. The largest absolute Gasteiger partial charge is 0.497 e. The molecule has 0 bridgehead atoms. The second-order valence-electron chi connectivity index (χ2n) is 9.27. The third-order valence-corrected chi connectivity index (χ3v) is 9.27. The fraction of sp³-hybridized carbons (Fsp3) is 0.167. The van der Waals surface area contributed by atoms with Crippen molar-refractivity contribution in [3.05, 3.63) is 90.5 Å². The van der Waals surface area contributed by atoms with Gasteiger partial charge in [-0.1, -0.05) is 60.3 Å². The van der Waals surface area contributed by atoms with E-state index in [-0.39, 0.29) is 16.4 Å². The van der Waals surface area contributed by atoms with Crippen LogP contribution in [0.4, 0.5) is 0 Å². The first-order chi connectivity index (χ1) is 19.7. The number of fused-ring (bicyclic) bond motifs is 1. The molecule has 0 amide bonds. The van der Waals surface area contributed by atoms with Crippen LogP contribution in [0, 0.1) is 0 Å². The third-order valence-electron chi connectivity index (χ3n) is 6.53. The van der Waals surface area contributed by atoms with Gasteiger partial charge in [-0.25, -0.2) is 12.7 Å². The normalized spacial score (nSPS) is 11.6. The molecule has 0 saturated heterocycles. The fourth-order valence-electron chi connectivity index (χ4n) is 4.32. The number of hydrogen-bond donors (Lipinski definition) is 0. The number of carbonyl (C=O) groups is 1. The summed E-state index contributed by atoms with van der Waals surface area (Å²) in [5.74, 6) is 1.53. The van der Waals surface area contributed by atoms with Gasteiger partial charge in [-0.3, -0.25) is 9.36 Å². The average Bonchev–Trinajstić information content (AvgIpc) is 3.43. The van der Waals surface area contributed by atoms with Crippen molar-refractivity contribution >= 4 is 38.3 Å². The molecule has 0 aliphatic carbocycles. The topological polar surface area (TPSA) is 104 Å². The summed E-state index contributed by atoms with van der Waals surface area (Å²) in [6.45, 7) is 0. The maximum absolute atomic E-state index is 13.2. The Labute approximate surface area is 242 Å². The lowest BCUT2D eigenvalue weighted by Crippen LogP contribution is -2.22. The van der Waals surface area contributed by atoms with Gasteiger partial charge in [0.05, 0.1) is 30.6 Å². The molecule has 4 aromatic carbocycles. The smallest absolute Gasteiger partial charge is 0.242 e. The van der Waals surface area contributed by atoms with Crippen molar-refractivity contribution in [3.8, 4) is 28.6 Å². The lowest BCUT2D eigenvalue weighted by Gasteiger charge is -2.16. The van der Waals surface area contributed by atoms with Gasteiger partial charge < -0.3 is 9.47 Å². The number of ketones is 1. The summed E-state index contributed by atoms with van der Waals surface area (Å²) in [5.41, 5.74) is 1.70. The highest BCUT2D eigenvalue weighted by molar-refractivity contribution is 7.99. The van der Waals surface area contributed by atoms with Crippen LogP contribution in [0.1, 0.15) is 10.4 Å². The molecule has 0 spiro atoms. The molecule has 9 nitrogen and oxygen atoms in total. The minimum absolute atomic E-state index is 0.0615. The van der Waals surface area contributed by atoms with Gasteiger partial charge in [0.25, 0.3) is 0 Å². The van der Waals surface area contributed by atoms with Gasteiger partial charge >= 0.3 is 0 Å². The molecule has 5 rings (SSSR count). The maximum atomic E-state index is 13.2. The average molecular weight is 589 g/mol. The minimum atomic E-state index is -3.69. The molecule has 0 saturated carbocycles. The molecule has 41 heavy (non-hydrogen) atoms. The number of rotatable bonds is 10. The summed E-state index contributed by atoms with van der Waals surface area (Å²) in [6.07, 6.45) is 0. The van der Waals surface area contributed by atoms with Crippen molar-refractivity contribution < 1.29 is 22.7 Å². The number of Topliss-reactive ketones (excluding diaryl/α,β-unsaturated/α-hetero) is 1. The SMILES string of the molecule is COc1ccc(OC)c(-n2c(SCC(=O)c3ccc4ccccc4c3)nnc2-c2cccc(S(=O)(=O)N(C)C)c2)c1. The molecular formula is C30H28N4O5S2. The second kappa shape index (κ2) is 11.7. The Kier molecular flexibility index (Phi) is 8.11. The van der Waals surface area contributed by atoms with E-state index in [2.05, 4.69) is 10.2 Å². The molecule has 0 fully saturated rings. The Morgan fingerprint density at radius 3 is 2.39 bits per heavy atom. The highest BCUT2D eigenvalue weighted by Crippen LogP contribution is 2.35. The van der Waals surface area contributed by atoms with Crippen LogP contribution in [0.25, 0.3) is 27.8 Å². The van der Waals surface area contributed by atoms with Gasteiger partial charge in [0, 0.05) is 31.3 Å². The van der Waals surface area contributed by atoms with Crippen LogP contribution in [0.2, 0.25) is 0 Å². The molecule has 210 valence electrons. The van der Waals surface area contributed by atoms with Crippen molar-refractivity contribution in [2.75, 3.05) is 34.1 Å². The Balaban J connectivity index is 1.57. The number of aromatic nitrogens is 3. The van der Waals surface area contributed by atoms with E-state index in [1.807, 2.05) is 42.5 Å². The van der Waals surface area contributed by atoms with E-state index < -0.39 is 10.0 Å². The van der Waals surface area contributed by atoms with Crippen molar-refractivity contribution in [1.82, 2.24) is 19.1 Å². The van der Waals surface area contributed by atoms with E-state index in [0.717, 1.165) is 15.1 Å². The molecule has 0 aliphatic heterocycles. The molecule has 0 aliphatic rings. The van der Waals surface area contributed by atoms with Crippen LogP contribution in [-0.2, 0) is 10.0 Å². The molecule has 1 heterocycles. The Morgan fingerprint density at radius 1 is 0.878 bits per heavy atom. The van der Waals surface area contributed by atoms with Crippen molar-refractivity contribution in [2.45, 2.75) is 10.1 Å². The zero-order chi connectivity index (χ0) is 29.1. The number of methoxy groups -OCH3 is 2. The van der Waals surface area contributed by atoms with Crippen molar-refractivity contribution in [1.29, 1.82) is 0 Å². The molecular weight excluding hydrogens is 560 g/mol. The highest BCUT2D eigenvalue weighted by Gasteiger charge is 2.23. The van der Waals surface area contributed by atoms with Crippen molar-refractivity contribution in [3.63, 3.8) is 0 Å². The number of benzene rings is 4. The standard InChI is InChI=1S/C30H28N4O5S2/c1-33(2)41(36,37)25-11-7-10-23(17-25)29-31-32-30(34(29)26-18-24(38-3)14-15-28(26)39-4)40-19-27(35)22-13-12-20-8-5-6-9-21(20)16-22/h5-18H,19H2,1-4H3. The third kappa shape index (κ3) is 5.69. The van der Waals surface area contributed by atoms with Crippen LogP contribution in [-0.4, -0.2) is 67.3 Å². The quantitative estimate of drug-likeness (QED) is 0.159. The lowest BCUT2D eigenvalue weighted by atomic mass is 10.1. The van der Waals surface area contributed by atoms with Gasteiger partial charge in [-0.2, -0.15) is 0 Å². The van der Waals surface area contributed by atoms with E-state index >= 15 is 0 Å². The summed E-state index contributed by atoms with van der Waals surface area (Å²) in [7, 11) is 2.38. The van der Waals surface area contributed by atoms with Gasteiger partial charge in [0.1, 0.15) is 11.5 Å².